The number of amides is 1. The van der Waals surface area contributed by atoms with Gasteiger partial charge in [0.2, 0.25) is 5.78 Å². The first kappa shape index (κ1) is 28.9. The van der Waals surface area contributed by atoms with Gasteiger partial charge in [0.25, 0.3) is 5.91 Å². The Morgan fingerprint density at radius 2 is 1.71 bits per heavy atom. The molecule has 3 aliphatic carbocycles. The van der Waals surface area contributed by atoms with E-state index in [4.69, 9.17) is 5.73 Å². The van der Waals surface area contributed by atoms with Crippen molar-refractivity contribution in [3.63, 3.8) is 0 Å². The number of hydrogen-bond acceptors (Lipinski definition) is 9. The molecule has 4 atom stereocenters. The number of rotatable bonds is 3. The Morgan fingerprint density at radius 3 is 2.29 bits per heavy atom. The number of nitrogens with zero attached hydrogens (tertiary/aromatic N) is 2. The van der Waals surface area contributed by atoms with Crippen LogP contribution in [-0.2, 0) is 20.8 Å². The van der Waals surface area contributed by atoms with Crippen LogP contribution in [-0.4, -0.2) is 82.6 Å². The highest BCUT2D eigenvalue weighted by Gasteiger charge is 2.64. The number of fused-ring (bicyclic) bond motifs is 3. The average Bonchev–Trinajstić information content (AvgIpc) is 2.90. The number of anilines is 1. The molecule has 0 radical (unpaired) electrons. The lowest BCUT2D eigenvalue weighted by Crippen LogP contribution is -2.65. The van der Waals surface area contributed by atoms with Crippen LogP contribution < -0.4 is 10.6 Å². The molecule has 1 fully saturated rings. The largest absolute Gasteiger partial charge is 0.508 e. The molecular weight excluding hydrogens is 545 g/mol. The van der Waals surface area contributed by atoms with Gasteiger partial charge in [0.15, 0.2) is 11.4 Å². The second-order valence-corrected chi connectivity index (χ2v) is 11.3. The van der Waals surface area contributed by atoms with Crippen molar-refractivity contribution in [2.45, 2.75) is 24.5 Å². The van der Waals surface area contributed by atoms with Crippen LogP contribution in [0.1, 0.15) is 28.7 Å². The maximum atomic E-state index is 14.0. The molecule has 11 heteroatoms. The number of aliphatic hydroxyl groups excluding tert-OH is 2. The van der Waals surface area contributed by atoms with Gasteiger partial charge >= 0.3 is 0 Å². The number of phenols is 1. The first-order chi connectivity index (χ1) is 19.7. The van der Waals surface area contributed by atoms with Crippen molar-refractivity contribution in [2.24, 2.45) is 17.6 Å². The van der Waals surface area contributed by atoms with Gasteiger partial charge in [-0.2, -0.15) is 0 Å². The number of phenolic OH excluding ortho intramolecular Hbond substituents is 1. The number of benzene rings is 2. The SMILES string of the molecule is CN(C)c1cc(C#Cc2ccc(F)cc2)c(O)c2c1C[C@H]1C[C@H]3[C@H](N(C)C)C(=O)C(C(N)=O)=C(O)[C@@]3(O)C(=O)C1=C2O. The number of aliphatic hydroxyl groups is 3. The number of halogens is 1. The molecule has 10 nitrogen and oxygen atoms in total. The van der Waals surface area contributed by atoms with Crippen LogP contribution in [0.2, 0.25) is 0 Å². The second kappa shape index (κ2) is 10.0. The van der Waals surface area contributed by atoms with Crippen LogP contribution in [0.15, 0.2) is 47.2 Å². The Hall–Kier alpha value is -4.66. The third-order valence-corrected chi connectivity index (χ3v) is 8.36. The fourth-order valence-corrected chi connectivity index (χ4v) is 6.46. The molecular formula is C31H30FN3O7. The number of ketones is 2. The lowest BCUT2D eigenvalue weighted by Gasteiger charge is -2.50. The number of nitrogens with two attached hydrogens (primary N) is 1. The molecule has 0 spiro atoms. The van der Waals surface area contributed by atoms with E-state index < -0.39 is 69.6 Å². The summed E-state index contributed by atoms with van der Waals surface area (Å²) in [6, 6.07) is 5.93. The van der Waals surface area contributed by atoms with Gasteiger partial charge in [-0.15, -0.1) is 0 Å². The Kier molecular flexibility index (Phi) is 6.88. The number of carbonyl (C=O) groups excluding carboxylic acids is 3. The van der Waals surface area contributed by atoms with Crippen molar-refractivity contribution in [3.05, 3.63) is 75.3 Å². The Balaban J connectivity index is 1.72. The molecule has 3 aliphatic rings. The van der Waals surface area contributed by atoms with Gasteiger partial charge < -0.3 is 31.1 Å². The van der Waals surface area contributed by atoms with E-state index in [-0.39, 0.29) is 29.5 Å². The van der Waals surface area contributed by atoms with Gasteiger partial charge in [-0.1, -0.05) is 11.8 Å². The number of likely N-dealkylation sites (N-methyl/N-ethyl adjacent to an activating group) is 1. The molecule has 0 heterocycles. The van der Waals surface area contributed by atoms with E-state index in [0.717, 1.165) is 0 Å². The molecule has 1 saturated carbocycles. The van der Waals surface area contributed by atoms with E-state index in [0.29, 0.717) is 16.8 Å². The molecule has 2 aromatic carbocycles. The van der Waals surface area contributed by atoms with E-state index in [9.17, 15) is 39.2 Å². The summed E-state index contributed by atoms with van der Waals surface area (Å²) in [7, 11) is 6.62. The highest BCUT2D eigenvalue weighted by Crippen LogP contribution is 2.54. The molecule has 0 aromatic heterocycles. The zero-order valence-electron chi connectivity index (χ0n) is 23.4. The van der Waals surface area contributed by atoms with Gasteiger partial charge in [-0.05, 0) is 68.8 Å². The van der Waals surface area contributed by atoms with Gasteiger partial charge in [0.05, 0.1) is 17.2 Å². The monoisotopic (exact) mass is 575 g/mol. The van der Waals surface area contributed by atoms with E-state index in [1.165, 1.54) is 29.2 Å². The van der Waals surface area contributed by atoms with Gasteiger partial charge in [0.1, 0.15) is 28.7 Å². The van der Waals surface area contributed by atoms with Crippen molar-refractivity contribution in [1.82, 2.24) is 4.90 Å². The van der Waals surface area contributed by atoms with Crippen molar-refractivity contribution < 1.29 is 39.2 Å². The first-order valence-electron chi connectivity index (χ1n) is 13.2. The maximum Gasteiger partial charge on any atom is 0.255 e. The minimum Gasteiger partial charge on any atom is -0.508 e. The zero-order chi connectivity index (χ0) is 30.8. The van der Waals surface area contributed by atoms with Crippen LogP contribution >= 0.6 is 0 Å². The number of hydrogen-bond donors (Lipinski definition) is 5. The quantitative estimate of drug-likeness (QED) is 0.270. The lowest BCUT2D eigenvalue weighted by atomic mass is 9.57. The normalized spacial score (nSPS) is 25.0. The standard InChI is InChI=1S/C31H30FN3O7/c1-34(2)20-13-15(8-5-14-6-9-17(32)10-7-14)25(36)22-18(20)11-16-12-19-24(35(3)4)27(38)23(30(33)41)29(40)31(19,42)28(39)21(16)26(22)37/h6-7,9-10,13,16,19,24,36-37,40,42H,11-12H2,1-4H3,(H2,33,41)/t16-,19-,24-,31-/m0/s1. The van der Waals surface area contributed by atoms with Crippen LogP contribution in [0.25, 0.3) is 5.76 Å². The summed E-state index contributed by atoms with van der Waals surface area (Å²) < 4.78 is 13.3. The smallest absolute Gasteiger partial charge is 0.255 e. The van der Waals surface area contributed by atoms with E-state index in [1.807, 2.05) is 0 Å². The Bertz CT molecular complexity index is 1680. The predicted octanol–water partition coefficient (Wildman–Crippen LogP) is 1.57. The van der Waals surface area contributed by atoms with Crippen LogP contribution in [0.3, 0.4) is 0 Å². The van der Waals surface area contributed by atoms with Crippen LogP contribution in [0, 0.1) is 29.5 Å². The van der Waals surface area contributed by atoms with Crippen molar-refractivity contribution >= 4 is 28.9 Å². The van der Waals surface area contributed by atoms with Crippen molar-refractivity contribution in [3.8, 4) is 17.6 Å². The highest BCUT2D eigenvalue weighted by atomic mass is 19.1. The van der Waals surface area contributed by atoms with Crippen LogP contribution in [0.4, 0.5) is 10.1 Å². The molecule has 5 rings (SSSR count). The number of carbonyl (C=O) groups is 3. The van der Waals surface area contributed by atoms with Gasteiger partial charge in [0, 0.05) is 36.8 Å². The summed E-state index contributed by atoms with van der Waals surface area (Å²) >= 11 is 0. The predicted molar refractivity (Wildman–Crippen MR) is 151 cm³/mol. The van der Waals surface area contributed by atoms with Crippen LogP contribution in [0.5, 0.6) is 5.75 Å². The molecule has 0 aliphatic heterocycles. The minimum atomic E-state index is -2.72. The van der Waals surface area contributed by atoms with Crippen molar-refractivity contribution in [1.29, 1.82) is 0 Å². The first-order valence-corrected chi connectivity index (χ1v) is 13.2. The van der Waals surface area contributed by atoms with Gasteiger partial charge in [-0.25, -0.2) is 4.39 Å². The summed E-state index contributed by atoms with van der Waals surface area (Å²) in [6.45, 7) is 0. The summed E-state index contributed by atoms with van der Waals surface area (Å²) in [4.78, 5) is 42.7. The molecule has 218 valence electrons. The zero-order valence-corrected chi connectivity index (χ0v) is 23.4. The number of aromatic hydroxyl groups is 1. The average molecular weight is 576 g/mol. The molecule has 0 saturated heterocycles. The fourth-order valence-electron chi connectivity index (χ4n) is 6.46. The molecule has 0 unspecified atom stereocenters. The summed E-state index contributed by atoms with van der Waals surface area (Å²) in [5.74, 6) is -1.93. The molecule has 6 N–H and O–H groups in total. The highest BCUT2D eigenvalue weighted by molar-refractivity contribution is 6.24. The lowest BCUT2D eigenvalue weighted by molar-refractivity contribution is -0.153. The maximum absolute atomic E-state index is 14.0. The molecule has 0 bridgehead atoms. The Morgan fingerprint density at radius 1 is 1.07 bits per heavy atom. The van der Waals surface area contributed by atoms with E-state index >= 15 is 0 Å². The molecule has 42 heavy (non-hydrogen) atoms. The molecule has 1 amide bonds. The number of Topliss-reactive ketones (excluding diaryl/α,β-unsaturated/α-hetero) is 2. The third-order valence-electron chi connectivity index (χ3n) is 8.36. The third kappa shape index (κ3) is 4.14. The van der Waals surface area contributed by atoms with E-state index in [1.54, 1.807) is 39.2 Å². The van der Waals surface area contributed by atoms with Gasteiger partial charge in [-0.3, -0.25) is 19.3 Å². The summed E-state index contributed by atoms with van der Waals surface area (Å²) in [6.07, 6.45) is 0.146. The Labute approximate surface area is 241 Å². The summed E-state index contributed by atoms with van der Waals surface area (Å²) in [5, 5.41) is 45.6. The van der Waals surface area contributed by atoms with Crippen molar-refractivity contribution in [2.75, 3.05) is 33.1 Å². The number of primary amides is 1. The fraction of sp³-hybridized carbons (Fsp3) is 0.323. The summed E-state index contributed by atoms with van der Waals surface area (Å²) in [5.41, 5.74) is 3.22. The molecule has 2 aromatic rings. The topological polar surface area (TPSA) is 165 Å². The second-order valence-electron chi connectivity index (χ2n) is 11.3. The minimum absolute atomic E-state index is 0.00842. The van der Waals surface area contributed by atoms with E-state index in [2.05, 4.69) is 11.8 Å².